The molecule has 0 N–H and O–H groups in total. The average Bonchev–Trinajstić information content (AvgIpc) is 0.804. The smallest absolute Gasteiger partial charge is 0.124 e. The molecule has 8 rings (SSSR count). The van der Waals surface area contributed by atoms with Gasteiger partial charge in [0, 0.05) is 27.3 Å². The van der Waals surface area contributed by atoms with Gasteiger partial charge in [0.1, 0.15) is 40.5 Å². The van der Waals surface area contributed by atoms with Crippen LogP contribution in [0.25, 0.3) is 43.1 Å². The molecule has 4 radical (unpaired) electrons. The summed E-state index contributed by atoms with van der Waals surface area (Å²) in [6.45, 7) is 17.8. The zero-order valence-electron chi connectivity index (χ0n) is 81.8. The molecule has 0 bridgehead atoms. The maximum Gasteiger partial charge on any atom is 0.124 e. The van der Waals surface area contributed by atoms with Gasteiger partial charge in [-0.25, -0.2) is 33.7 Å². The van der Waals surface area contributed by atoms with Crippen molar-refractivity contribution in [2.75, 3.05) is 0 Å². The summed E-state index contributed by atoms with van der Waals surface area (Å²) in [6.07, 6.45) is 76.0. The van der Waals surface area contributed by atoms with Gasteiger partial charge in [-0.3, -0.25) is 0 Å². The van der Waals surface area contributed by atoms with Gasteiger partial charge in [-0.05, 0) is 239 Å². The molecular formula is C112H172O12PbS4-4. The third-order valence-corrected chi connectivity index (χ3v) is 29.6. The van der Waals surface area contributed by atoms with Gasteiger partial charge in [-0.2, -0.15) is 0 Å². The minimum Gasteiger partial charge on any atom is -0.744 e. The zero-order chi connectivity index (χ0) is 92.9. The van der Waals surface area contributed by atoms with Crippen molar-refractivity contribution in [3.8, 4) is 0 Å². The van der Waals surface area contributed by atoms with E-state index in [0.717, 1.165) is 120 Å². The molecule has 724 valence electrons. The molecule has 129 heavy (non-hydrogen) atoms. The molecule has 0 saturated carbocycles. The minimum absolute atomic E-state index is 0. The standard InChI is InChI=1S/4C28H44O3S.Pb/c4*1-3-5-7-9-11-13-15-17-24-19-20-25-23-28(32(29,30)31)26(22-27(25)21-24)18-16-14-12-10-8-6-4-2;/h4*19-23H,3-18H2,1-2H3,(H,29,30,31);/p-4. The molecule has 0 saturated heterocycles. The van der Waals surface area contributed by atoms with Crippen LogP contribution in [0.5, 0.6) is 0 Å². The van der Waals surface area contributed by atoms with Crippen molar-refractivity contribution in [2.24, 2.45) is 0 Å². The predicted octanol–water partition coefficient (Wildman–Crippen LogP) is 32.9. The van der Waals surface area contributed by atoms with E-state index >= 15 is 0 Å². The van der Waals surface area contributed by atoms with Crippen LogP contribution in [0.1, 0.15) is 459 Å². The van der Waals surface area contributed by atoms with Crippen molar-refractivity contribution in [3.05, 3.63) is 166 Å². The molecule has 0 spiro atoms. The van der Waals surface area contributed by atoms with Crippen LogP contribution in [-0.4, -0.2) is 79.2 Å². The molecule has 0 aliphatic rings. The second kappa shape index (κ2) is 69.2. The van der Waals surface area contributed by atoms with Crippen molar-refractivity contribution < 1.29 is 51.9 Å². The number of rotatable bonds is 68. The number of hydrogen-bond donors (Lipinski definition) is 0. The largest absolute Gasteiger partial charge is 0.744 e. The van der Waals surface area contributed by atoms with E-state index in [0.29, 0.717) is 47.9 Å². The van der Waals surface area contributed by atoms with Crippen LogP contribution in [0.15, 0.2) is 141 Å². The first-order valence-electron chi connectivity index (χ1n) is 51.9. The SMILES string of the molecule is CCCCCCCCCc1ccc2cc(S(=O)(=O)[O-])c(CCCCCCCCC)cc2c1.CCCCCCCCCc1ccc2cc(S(=O)(=O)[O-])c(CCCCCCCCC)cc2c1.CCCCCCCCCc1ccc2cc(S(=O)(=O)[O-])c(CCCCCCCCC)cc2c1.CCCCCCCCCc1ccc2cc(S(=O)(=O)[O-])c(CCCCCCCCC)cc2c1.[Pb]. The summed E-state index contributed by atoms with van der Waals surface area (Å²) in [4.78, 5) is -0.127. The van der Waals surface area contributed by atoms with Crippen LogP contribution >= 0.6 is 0 Å². The summed E-state index contributed by atoms with van der Waals surface area (Å²) >= 11 is 0. The number of hydrogen-bond acceptors (Lipinski definition) is 12. The van der Waals surface area contributed by atoms with E-state index in [4.69, 9.17) is 0 Å². The third-order valence-electron chi connectivity index (χ3n) is 25.9. The van der Waals surface area contributed by atoms with Crippen LogP contribution in [0.4, 0.5) is 0 Å². The Bertz CT molecular complexity index is 4220. The first kappa shape index (κ1) is 117. The monoisotopic (exact) mass is 2050 g/mol. The van der Waals surface area contributed by atoms with Crippen LogP contribution < -0.4 is 0 Å². The number of unbranched alkanes of at least 4 members (excludes halogenated alkanes) is 48. The topological polar surface area (TPSA) is 229 Å². The first-order chi connectivity index (χ1) is 61.8. The number of fused-ring (bicyclic) bond motifs is 4. The molecule has 0 amide bonds. The van der Waals surface area contributed by atoms with Crippen LogP contribution in [0, 0.1) is 0 Å². The zero-order valence-corrected chi connectivity index (χ0v) is 89.0. The fraction of sp³-hybridized carbons (Fsp3) is 0.643. The Kier molecular flexibility index (Phi) is 62.6. The van der Waals surface area contributed by atoms with Crippen molar-refractivity contribution >= 4 is 111 Å². The molecular weight excluding hydrogens is 1870 g/mol. The van der Waals surface area contributed by atoms with E-state index in [9.17, 15) is 51.9 Å². The van der Waals surface area contributed by atoms with E-state index in [1.165, 1.54) is 330 Å². The molecule has 17 heteroatoms. The fourth-order valence-corrected chi connectivity index (χ4v) is 21.1. The Balaban J connectivity index is 0.000000359. The molecule has 0 aliphatic carbocycles. The maximum absolute atomic E-state index is 11.9. The van der Waals surface area contributed by atoms with Gasteiger partial charge in [0.25, 0.3) is 0 Å². The predicted molar refractivity (Wildman–Crippen MR) is 547 cm³/mol. The summed E-state index contributed by atoms with van der Waals surface area (Å²) in [7, 11) is -17.9. The molecule has 0 aliphatic heterocycles. The van der Waals surface area contributed by atoms with Crippen molar-refractivity contribution in [3.63, 3.8) is 0 Å². The molecule has 8 aromatic carbocycles. The molecule has 12 nitrogen and oxygen atoms in total. The minimum atomic E-state index is -4.47. The maximum atomic E-state index is 11.9. The Morgan fingerprint density at radius 3 is 0.434 bits per heavy atom. The van der Waals surface area contributed by atoms with E-state index in [1.807, 2.05) is 48.5 Å². The van der Waals surface area contributed by atoms with Crippen LogP contribution in [-0.2, 0) is 91.8 Å². The van der Waals surface area contributed by atoms with E-state index in [-0.39, 0.29) is 46.9 Å². The second-order valence-corrected chi connectivity index (χ2v) is 42.7. The van der Waals surface area contributed by atoms with Crippen molar-refractivity contribution in [1.29, 1.82) is 0 Å². The third kappa shape index (κ3) is 49.6. The molecule has 8 aromatic rings. The van der Waals surface area contributed by atoms with E-state index in [1.54, 1.807) is 24.3 Å². The van der Waals surface area contributed by atoms with Gasteiger partial charge in [-0.15, -0.1) is 0 Å². The molecule has 0 aromatic heterocycles. The Hall–Kier alpha value is -4.64. The quantitative estimate of drug-likeness (QED) is 0.0197. The van der Waals surface area contributed by atoms with Gasteiger partial charge >= 0.3 is 0 Å². The van der Waals surface area contributed by atoms with Crippen molar-refractivity contribution in [1.82, 2.24) is 0 Å². The van der Waals surface area contributed by atoms with Crippen LogP contribution in [0.2, 0.25) is 0 Å². The summed E-state index contributed by atoms with van der Waals surface area (Å²) in [5.74, 6) is 0. The van der Waals surface area contributed by atoms with E-state index in [2.05, 4.69) is 104 Å². The number of benzene rings is 8. The first-order valence-corrected chi connectivity index (χ1v) is 57.5. The average molecular weight is 2050 g/mol. The second-order valence-electron chi connectivity index (χ2n) is 37.4. The Labute approximate surface area is 807 Å². The van der Waals surface area contributed by atoms with Gasteiger partial charge in [-0.1, -0.05) is 436 Å². The summed E-state index contributed by atoms with van der Waals surface area (Å²) in [6, 6.07) is 39.1. The summed E-state index contributed by atoms with van der Waals surface area (Å²) in [5.41, 5.74) is 7.94. The molecule has 0 heterocycles. The molecule has 0 unspecified atom stereocenters. The van der Waals surface area contributed by atoms with Crippen LogP contribution in [0.3, 0.4) is 0 Å². The van der Waals surface area contributed by atoms with Gasteiger partial charge in [0.15, 0.2) is 0 Å². The normalized spacial score (nSPS) is 11.9. The fourth-order valence-electron chi connectivity index (χ4n) is 18.1. The molecule has 0 fully saturated rings. The Morgan fingerprint density at radius 2 is 0.295 bits per heavy atom. The summed E-state index contributed by atoms with van der Waals surface area (Å²) in [5, 5.41) is 7.56. The Morgan fingerprint density at radius 1 is 0.163 bits per heavy atom. The molecule has 0 atom stereocenters. The van der Waals surface area contributed by atoms with Gasteiger partial charge in [0.2, 0.25) is 0 Å². The van der Waals surface area contributed by atoms with E-state index < -0.39 is 40.5 Å². The summed E-state index contributed by atoms with van der Waals surface area (Å²) < 4.78 is 143. The van der Waals surface area contributed by atoms with Gasteiger partial charge in [0.05, 0.1) is 19.6 Å². The van der Waals surface area contributed by atoms with Gasteiger partial charge < -0.3 is 18.2 Å². The number of aryl methyl sites for hydroxylation is 8. The van der Waals surface area contributed by atoms with Crippen molar-refractivity contribution in [2.45, 2.75) is 486 Å².